The van der Waals surface area contributed by atoms with E-state index >= 15 is 0 Å². The summed E-state index contributed by atoms with van der Waals surface area (Å²) < 4.78 is 0. The van der Waals surface area contributed by atoms with Crippen LogP contribution < -0.4 is 0 Å². The molecule has 0 unspecified atom stereocenters. The summed E-state index contributed by atoms with van der Waals surface area (Å²) in [4.78, 5) is 0. The molecule has 0 heterocycles. The van der Waals surface area contributed by atoms with Gasteiger partial charge in [0, 0.05) is 6.61 Å². The molecule has 0 fully saturated rings. The second-order valence-electron chi connectivity index (χ2n) is 2.72. The Kier molecular flexibility index (Phi) is 5.33. The zero-order chi connectivity index (χ0) is 5.21. The minimum atomic E-state index is 0. The van der Waals surface area contributed by atoms with Crippen LogP contribution in [0.5, 0.6) is 0 Å². The van der Waals surface area contributed by atoms with E-state index < -0.39 is 0 Å². The van der Waals surface area contributed by atoms with Gasteiger partial charge in [0.15, 0.2) is 0 Å². The molecule has 0 aliphatic rings. The molecule has 1 nitrogen and oxygen atoms in total. The predicted molar refractivity (Wildman–Crippen MR) is 33.7 cm³/mol. The number of hydrogen-bond acceptors (Lipinski definition) is 1. The van der Waals surface area contributed by atoms with E-state index in [-0.39, 0.29) is 30.9 Å². The molecule has 0 aliphatic carbocycles. The SMILES string of the molecule is CC(C)(C)CO.[LiH]. The molecule has 0 rings (SSSR count). The molecular weight excluding hydrogens is 83.0 g/mol. The first kappa shape index (κ1) is 10.5. The number of hydrogen-bond donors (Lipinski definition) is 1. The summed E-state index contributed by atoms with van der Waals surface area (Å²) in [5, 5.41) is 8.40. The molecule has 7 heavy (non-hydrogen) atoms. The molecule has 0 atom stereocenters. The topological polar surface area (TPSA) is 20.2 Å². The van der Waals surface area contributed by atoms with Crippen molar-refractivity contribution in [3.05, 3.63) is 0 Å². The number of rotatable bonds is 0. The first-order chi connectivity index (χ1) is 2.56. The van der Waals surface area contributed by atoms with Crippen molar-refractivity contribution in [2.24, 2.45) is 5.41 Å². The summed E-state index contributed by atoms with van der Waals surface area (Å²) >= 11 is 0. The maximum atomic E-state index is 8.40. The van der Waals surface area contributed by atoms with Gasteiger partial charge in [0.1, 0.15) is 0 Å². The number of aliphatic hydroxyl groups is 1. The fourth-order valence-electron chi connectivity index (χ4n) is 0. The van der Waals surface area contributed by atoms with Gasteiger partial charge in [-0.3, -0.25) is 0 Å². The van der Waals surface area contributed by atoms with Crippen LogP contribution in [0.3, 0.4) is 0 Å². The predicted octanol–water partition coefficient (Wildman–Crippen LogP) is 0.376. The summed E-state index contributed by atoms with van der Waals surface area (Å²) in [5.41, 5.74) is 0.0972. The average Bonchev–Trinajstić information content (AvgIpc) is 1.35. The molecular formula is C5H13LiO. The molecule has 0 saturated heterocycles. The van der Waals surface area contributed by atoms with E-state index in [1.807, 2.05) is 20.8 Å². The van der Waals surface area contributed by atoms with Crippen LogP contribution in [0.1, 0.15) is 20.8 Å². The van der Waals surface area contributed by atoms with Gasteiger partial charge in [-0.05, 0) is 5.41 Å². The Balaban J connectivity index is 0. The molecule has 0 bridgehead atoms. The molecule has 0 spiro atoms. The fraction of sp³-hybridized carbons (Fsp3) is 1.00. The van der Waals surface area contributed by atoms with E-state index in [0.717, 1.165) is 0 Å². The van der Waals surface area contributed by atoms with Crippen molar-refractivity contribution in [1.82, 2.24) is 0 Å². The van der Waals surface area contributed by atoms with Gasteiger partial charge in [0.2, 0.25) is 0 Å². The van der Waals surface area contributed by atoms with Gasteiger partial charge in [-0.1, -0.05) is 20.8 Å². The molecule has 1 N–H and O–H groups in total. The Morgan fingerprint density at radius 1 is 1.29 bits per heavy atom. The van der Waals surface area contributed by atoms with Crippen LogP contribution in [-0.2, 0) is 0 Å². The third-order valence-electron chi connectivity index (χ3n) is 0.474. The van der Waals surface area contributed by atoms with Gasteiger partial charge in [0.05, 0.1) is 0 Å². The molecule has 40 valence electrons. The third-order valence-corrected chi connectivity index (χ3v) is 0.474. The zero-order valence-electron chi connectivity index (χ0n) is 4.65. The van der Waals surface area contributed by atoms with Crippen molar-refractivity contribution < 1.29 is 5.11 Å². The van der Waals surface area contributed by atoms with Crippen LogP contribution in [0.4, 0.5) is 0 Å². The summed E-state index contributed by atoms with van der Waals surface area (Å²) in [5.74, 6) is 0. The Hall–Kier alpha value is 0.557. The standard InChI is InChI=1S/C5H12O.Li.H/c1-5(2,3)4-6;;/h6H,4H2,1-3H3;;. The fourth-order valence-corrected chi connectivity index (χ4v) is 0. The quantitative estimate of drug-likeness (QED) is 0.432. The van der Waals surface area contributed by atoms with Gasteiger partial charge < -0.3 is 5.11 Å². The molecule has 0 aromatic carbocycles. The monoisotopic (exact) mass is 96.1 g/mol. The maximum absolute atomic E-state index is 8.40. The van der Waals surface area contributed by atoms with E-state index in [9.17, 15) is 0 Å². The van der Waals surface area contributed by atoms with Crippen LogP contribution in [0, 0.1) is 5.41 Å². The van der Waals surface area contributed by atoms with Gasteiger partial charge in [-0.25, -0.2) is 0 Å². The normalized spacial score (nSPS) is 10.3. The molecule has 0 saturated carbocycles. The van der Waals surface area contributed by atoms with E-state index in [4.69, 9.17) is 5.11 Å². The third kappa shape index (κ3) is 10.8. The van der Waals surface area contributed by atoms with Gasteiger partial charge in [-0.2, -0.15) is 0 Å². The second-order valence-corrected chi connectivity index (χ2v) is 2.72. The van der Waals surface area contributed by atoms with Gasteiger partial charge in [-0.15, -0.1) is 0 Å². The summed E-state index contributed by atoms with van der Waals surface area (Å²) in [7, 11) is 0. The molecule has 2 heteroatoms. The Bertz CT molecular complexity index is 37.8. The van der Waals surface area contributed by atoms with Crippen LogP contribution in [-0.4, -0.2) is 30.6 Å². The van der Waals surface area contributed by atoms with Crippen LogP contribution in [0.15, 0.2) is 0 Å². The number of aliphatic hydroxyl groups excluding tert-OH is 1. The van der Waals surface area contributed by atoms with Crippen molar-refractivity contribution in [2.75, 3.05) is 6.61 Å². The van der Waals surface area contributed by atoms with E-state index in [2.05, 4.69) is 0 Å². The molecule has 0 aliphatic heterocycles. The molecule has 0 amide bonds. The second kappa shape index (κ2) is 3.55. The van der Waals surface area contributed by atoms with Gasteiger partial charge in [0.25, 0.3) is 0 Å². The first-order valence-electron chi connectivity index (χ1n) is 2.17. The van der Waals surface area contributed by atoms with E-state index in [0.29, 0.717) is 0 Å². The van der Waals surface area contributed by atoms with Crippen molar-refractivity contribution in [2.45, 2.75) is 20.8 Å². The van der Waals surface area contributed by atoms with Crippen molar-refractivity contribution in [3.63, 3.8) is 0 Å². The van der Waals surface area contributed by atoms with Crippen LogP contribution in [0.2, 0.25) is 0 Å². The molecule has 0 aromatic heterocycles. The van der Waals surface area contributed by atoms with Gasteiger partial charge >= 0.3 is 18.9 Å². The average molecular weight is 96.1 g/mol. The van der Waals surface area contributed by atoms with Crippen molar-refractivity contribution in [1.29, 1.82) is 0 Å². The van der Waals surface area contributed by atoms with E-state index in [1.54, 1.807) is 0 Å². The first-order valence-corrected chi connectivity index (χ1v) is 2.17. The summed E-state index contributed by atoms with van der Waals surface area (Å²) in [6, 6.07) is 0. The van der Waals surface area contributed by atoms with E-state index in [1.165, 1.54) is 0 Å². The Morgan fingerprint density at radius 3 is 1.43 bits per heavy atom. The van der Waals surface area contributed by atoms with Crippen molar-refractivity contribution >= 4 is 18.9 Å². The molecule has 0 aromatic rings. The summed E-state index contributed by atoms with van der Waals surface area (Å²) in [6.45, 7) is 6.25. The minimum absolute atomic E-state index is 0. The van der Waals surface area contributed by atoms with Crippen LogP contribution >= 0.6 is 0 Å². The van der Waals surface area contributed by atoms with Crippen LogP contribution in [0.25, 0.3) is 0 Å². The Labute approximate surface area is 57.3 Å². The van der Waals surface area contributed by atoms with Crippen molar-refractivity contribution in [3.8, 4) is 0 Å². The zero-order valence-corrected chi connectivity index (χ0v) is 4.65. The Morgan fingerprint density at radius 2 is 1.43 bits per heavy atom. The summed E-state index contributed by atoms with van der Waals surface area (Å²) in [6.07, 6.45) is 0. The molecule has 0 radical (unpaired) electrons.